The Bertz CT molecular complexity index is 849. The molecule has 1 unspecified atom stereocenters. The molecule has 0 saturated carbocycles. The Morgan fingerprint density at radius 3 is 2.41 bits per heavy atom. The van der Waals surface area contributed by atoms with Gasteiger partial charge in [-0.1, -0.05) is 46.3 Å². The van der Waals surface area contributed by atoms with E-state index < -0.39 is 0 Å². The quantitative estimate of drug-likeness (QED) is 0.625. The molecule has 2 aromatic rings. The number of thioether (sulfide) groups is 1. The van der Waals surface area contributed by atoms with Crippen molar-refractivity contribution >= 4 is 39.3 Å². The minimum absolute atomic E-state index is 0.133. The van der Waals surface area contributed by atoms with Crippen LogP contribution >= 0.6 is 27.7 Å². The molecule has 2 aliphatic rings. The minimum Gasteiger partial charge on any atom is -0.378 e. The number of anilines is 1. The van der Waals surface area contributed by atoms with E-state index in [0.717, 1.165) is 36.9 Å². The Labute approximate surface area is 186 Å². The fourth-order valence-electron chi connectivity index (χ4n) is 4.26. The molecule has 2 aliphatic heterocycles. The van der Waals surface area contributed by atoms with Crippen molar-refractivity contribution in [2.75, 3.05) is 37.8 Å². The zero-order chi connectivity index (χ0) is 20.4. The van der Waals surface area contributed by atoms with E-state index in [1.165, 1.54) is 16.8 Å². The predicted molar refractivity (Wildman–Crippen MR) is 125 cm³/mol. The molecule has 0 bridgehead atoms. The fourth-order valence-corrected chi connectivity index (χ4v) is 6.20. The van der Waals surface area contributed by atoms with E-state index in [0.29, 0.717) is 11.8 Å². The smallest absolute Gasteiger partial charge is 0.234 e. The third kappa shape index (κ3) is 4.65. The van der Waals surface area contributed by atoms with Gasteiger partial charge in [0.05, 0.1) is 5.75 Å². The van der Waals surface area contributed by atoms with Crippen LogP contribution in [0.1, 0.15) is 29.3 Å². The molecule has 0 aliphatic carbocycles. The van der Waals surface area contributed by atoms with E-state index in [1.807, 2.05) is 6.07 Å². The summed E-state index contributed by atoms with van der Waals surface area (Å²) in [5, 5.41) is 0.133. The van der Waals surface area contributed by atoms with Crippen molar-refractivity contribution in [2.45, 2.75) is 30.8 Å². The summed E-state index contributed by atoms with van der Waals surface area (Å²) in [7, 11) is 4.14. The van der Waals surface area contributed by atoms with Gasteiger partial charge >= 0.3 is 0 Å². The number of rotatable bonds is 5. The average molecular weight is 474 g/mol. The van der Waals surface area contributed by atoms with E-state index in [-0.39, 0.29) is 11.3 Å². The van der Waals surface area contributed by atoms with E-state index >= 15 is 0 Å². The monoisotopic (exact) mass is 473 g/mol. The SMILES string of the molecule is CN(C)c1ccc(CN2CCC(N3C(=O)CSC3c3ccccc3Br)CC2)cc1. The van der Waals surface area contributed by atoms with Crippen molar-refractivity contribution in [3.63, 3.8) is 0 Å². The molecule has 29 heavy (non-hydrogen) atoms. The van der Waals surface area contributed by atoms with Crippen LogP contribution < -0.4 is 4.90 Å². The molecule has 0 spiro atoms. The first-order valence-corrected chi connectivity index (χ1v) is 12.0. The molecule has 4 nitrogen and oxygen atoms in total. The number of benzene rings is 2. The number of nitrogens with zero attached hydrogens (tertiary/aromatic N) is 3. The van der Waals surface area contributed by atoms with Gasteiger partial charge in [-0.2, -0.15) is 0 Å². The summed E-state index contributed by atoms with van der Waals surface area (Å²) < 4.78 is 1.09. The first kappa shape index (κ1) is 20.8. The van der Waals surface area contributed by atoms with Crippen LogP contribution in [-0.4, -0.2) is 54.7 Å². The van der Waals surface area contributed by atoms with Crippen LogP contribution in [-0.2, 0) is 11.3 Å². The van der Waals surface area contributed by atoms with Gasteiger partial charge < -0.3 is 9.80 Å². The largest absolute Gasteiger partial charge is 0.378 e. The summed E-state index contributed by atoms with van der Waals surface area (Å²) >= 11 is 5.43. The Kier molecular flexibility index (Phi) is 6.52. The number of carbonyl (C=O) groups is 1. The minimum atomic E-state index is 0.133. The highest BCUT2D eigenvalue weighted by Gasteiger charge is 2.39. The summed E-state index contributed by atoms with van der Waals surface area (Å²) in [6.45, 7) is 3.06. The summed E-state index contributed by atoms with van der Waals surface area (Å²) in [6, 6.07) is 17.5. The lowest BCUT2D eigenvalue weighted by molar-refractivity contribution is -0.131. The van der Waals surface area contributed by atoms with Crippen LogP contribution in [0.3, 0.4) is 0 Å². The van der Waals surface area contributed by atoms with Gasteiger partial charge in [-0.3, -0.25) is 9.69 Å². The predicted octanol–water partition coefficient (Wildman–Crippen LogP) is 4.75. The third-order valence-corrected chi connectivity index (χ3v) is 7.82. The number of amides is 1. The summed E-state index contributed by atoms with van der Waals surface area (Å²) in [5.41, 5.74) is 3.80. The number of hydrogen-bond acceptors (Lipinski definition) is 4. The van der Waals surface area contributed by atoms with Gasteiger partial charge in [0, 0.05) is 49.9 Å². The zero-order valence-corrected chi connectivity index (χ0v) is 19.5. The third-order valence-electron chi connectivity index (χ3n) is 5.89. The van der Waals surface area contributed by atoms with Gasteiger partial charge in [0.25, 0.3) is 0 Å². The first-order chi connectivity index (χ1) is 14.0. The normalized spacial score (nSPS) is 21.0. The molecular formula is C23H28BrN3OS. The van der Waals surface area contributed by atoms with E-state index in [2.05, 4.69) is 87.2 Å². The molecular weight excluding hydrogens is 446 g/mol. The summed E-state index contributed by atoms with van der Waals surface area (Å²) in [5.74, 6) is 0.873. The van der Waals surface area contributed by atoms with Gasteiger partial charge in [0.15, 0.2) is 0 Å². The van der Waals surface area contributed by atoms with Crippen LogP contribution in [0.4, 0.5) is 5.69 Å². The molecule has 2 heterocycles. The number of piperidine rings is 1. The van der Waals surface area contributed by atoms with Crippen LogP contribution in [0, 0.1) is 0 Å². The second kappa shape index (κ2) is 9.11. The molecule has 0 N–H and O–H groups in total. The van der Waals surface area contributed by atoms with Gasteiger partial charge in [0.1, 0.15) is 5.37 Å². The van der Waals surface area contributed by atoms with Gasteiger partial charge in [-0.25, -0.2) is 0 Å². The van der Waals surface area contributed by atoms with Crippen LogP contribution in [0.2, 0.25) is 0 Å². The van der Waals surface area contributed by atoms with E-state index in [1.54, 1.807) is 11.8 Å². The maximum atomic E-state index is 12.7. The topological polar surface area (TPSA) is 26.8 Å². The number of carbonyl (C=O) groups excluding carboxylic acids is 1. The van der Waals surface area contributed by atoms with Crippen molar-refractivity contribution in [3.05, 3.63) is 64.1 Å². The zero-order valence-electron chi connectivity index (χ0n) is 17.1. The first-order valence-electron chi connectivity index (χ1n) is 10.2. The molecule has 2 saturated heterocycles. The fraction of sp³-hybridized carbons (Fsp3) is 0.435. The van der Waals surface area contributed by atoms with Crippen molar-refractivity contribution in [3.8, 4) is 0 Å². The Morgan fingerprint density at radius 1 is 1.07 bits per heavy atom. The van der Waals surface area contributed by atoms with Crippen LogP contribution in [0.15, 0.2) is 53.0 Å². The highest BCUT2D eigenvalue weighted by atomic mass is 79.9. The highest BCUT2D eigenvalue weighted by Crippen LogP contribution is 2.44. The van der Waals surface area contributed by atoms with Crippen LogP contribution in [0.5, 0.6) is 0 Å². The Hall–Kier alpha value is -1.50. The molecule has 0 radical (unpaired) electrons. The Balaban J connectivity index is 1.38. The molecule has 2 aromatic carbocycles. The molecule has 1 atom stereocenters. The van der Waals surface area contributed by atoms with Gasteiger partial charge in [0.2, 0.25) is 5.91 Å². The lowest BCUT2D eigenvalue weighted by Crippen LogP contribution is -2.46. The maximum absolute atomic E-state index is 12.7. The summed E-state index contributed by atoms with van der Waals surface area (Å²) in [6.07, 6.45) is 2.09. The second-order valence-electron chi connectivity index (χ2n) is 8.05. The molecule has 154 valence electrons. The van der Waals surface area contributed by atoms with E-state index in [9.17, 15) is 4.79 Å². The number of halogens is 1. The maximum Gasteiger partial charge on any atom is 0.234 e. The molecule has 2 fully saturated rings. The van der Waals surface area contributed by atoms with Crippen molar-refractivity contribution in [1.82, 2.24) is 9.80 Å². The molecule has 6 heteroatoms. The van der Waals surface area contributed by atoms with Crippen molar-refractivity contribution < 1.29 is 4.79 Å². The highest BCUT2D eigenvalue weighted by molar-refractivity contribution is 9.10. The van der Waals surface area contributed by atoms with Crippen LogP contribution in [0.25, 0.3) is 0 Å². The lowest BCUT2D eigenvalue weighted by Gasteiger charge is -2.39. The second-order valence-corrected chi connectivity index (χ2v) is 9.98. The number of likely N-dealkylation sites (tertiary alicyclic amines) is 1. The van der Waals surface area contributed by atoms with Gasteiger partial charge in [-0.15, -0.1) is 11.8 Å². The Morgan fingerprint density at radius 2 is 1.76 bits per heavy atom. The van der Waals surface area contributed by atoms with Gasteiger partial charge in [-0.05, 0) is 42.2 Å². The molecule has 1 amide bonds. The average Bonchev–Trinajstić information content (AvgIpc) is 3.10. The molecule has 4 rings (SSSR count). The van der Waals surface area contributed by atoms with Crippen molar-refractivity contribution in [1.29, 1.82) is 0 Å². The van der Waals surface area contributed by atoms with E-state index in [4.69, 9.17) is 0 Å². The summed E-state index contributed by atoms with van der Waals surface area (Å²) in [4.78, 5) is 19.5. The lowest BCUT2D eigenvalue weighted by atomic mass is 10.0. The molecule has 0 aromatic heterocycles. The van der Waals surface area contributed by atoms with Crippen molar-refractivity contribution in [2.24, 2.45) is 0 Å². The number of hydrogen-bond donors (Lipinski definition) is 0. The standard InChI is InChI=1S/C23H28BrN3OS/c1-25(2)18-9-7-17(8-10-18)15-26-13-11-19(12-14-26)27-22(28)16-29-23(27)20-5-3-4-6-21(20)24/h3-10,19,23H,11-16H2,1-2H3.